The van der Waals surface area contributed by atoms with E-state index in [-0.39, 0.29) is 11.2 Å². The first kappa shape index (κ1) is 14.7. The molecule has 100 valence electrons. The van der Waals surface area contributed by atoms with Crippen molar-refractivity contribution in [1.82, 2.24) is 0 Å². The predicted molar refractivity (Wildman–Crippen MR) is 75.4 cm³/mol. The Hall–Kier alpha value is -1.31. The van der Waals surface area contributed by atoms with Gasteiger partial charge in [-0.2, -0.15) is 0 Å². The van der Waals surface area contributed by atoms with E-state index in [9.17, 15) is 4.79 Å². The van der Waals surface area contributed by atoms with Crippen LogP contribution < -0.4 is 4.74 Å². The van der Waals surface area contributed by atoms with E-state index in [0.29, 0.717) is 0 Å². The Balaban J connectivity index is 3.41. The molecular formula is C16H24O2. The number of benzene rings is 1. The molecule has 0 saturated heterocycles. The summed E-state index contributed by atoms with van der Waals surface area (Å²) in [6.07, 6.45) is 0. The Morgan fingerprint density at radius 2 is 1.67 bits per heavy atom. The van der Waals surface area contributed by atoms with Crippen molar-refractivity contribution in [1.29, 1.82) is 0 Å². The molecule has 0 atom stereocenters. The highest BCUT2D eigenvalue weighted by Crippen LogP contribution is 2.35. The number of carbonyl (C=O) groups excluding carboxylic acids is 1. The number of rotatable bonds is 3. The summed E-state index contributed by atoms with van der Waals surface area (Å²) in [6.45, 7) is 12.0. The smallest absolute Gasteiger partial charge is 0.139 e. The van der Waals surface area contributed by atoms with Gasteiger partial charge in [0.05, 0.1) is 7.11 Å². The average Bonchev–Trinajstić information content (AvgIpc) is 2.26. The first-order valence-corrected chi connectivity index (χ1v) is 6.30. The standard InChI is InChI=1S/C16H24O2/c1-11(17)16(5,6)12-8-9-14(18-7)13(10-12)15(2,3)4/h8-10H,1-7H3. The van der Waals surface area contributed by atoms with Crippen LogP contribution in [0.2, 0.25) is 0 Å². The Kier molecular flexibility index (Phi) is 3.89. The van der Waals surface area contributed by atoms with E-state index in [2.05, 4.69) is 26.8 Å². The first-order chi connectivity index (χ1) is 8.10. The topological polar surface area (TPSA) is 26.3 Å². The van der Waals surface area contributed by atoms with Gasteiger partial charge in [-0.25, -0.2) is 0 Å². The van der Waals surface area contributed by atoms with Gasteiger partial charge in [0.2, 0.25) is 0 Å². The molecule has 0 aromatic heterocycles. The van der Waals surface area contributed by atoms with Crippen LogP contribution in [-0.4, -0.2) is 12.9 Å². The summed E-state index contributed by atoms with van der Waals surface area (Å²) in [7, 11) is 1.68. The molecule has 0 amide bonds. The zero-order valence-corrected chi connectivity index (χ0v) is 12.5. The van der Waals surface area contributed by atoms with E-state index >= 15 is 0 Å². The van der Waals surface area contributed by atoms with Crippen molar-refractivity contribution < 1.29 is 9.53 Å². The van der Waals surface area contributed by atoms with Gasteiger partial charge in [0.1, 0.15) is 11.5 Å². The van der Waals surface area contributed by atoms with Crippen molar-refractivity contribution >= 4 is 5.78 Å². The SMILES string of the molecule is COc1ccc(C(C)(C)C(C)=O)cc1C(C)(C)C. The zero-order valence-electron chi connectivity index (χ0n) is 12.5. The summed E-state index contributed by atoms with van der Waals surface area (Å²) in [5.41, 5.74) is 1.72. The number of carbonyl (C=O) groups is 1. The highest BCUT2D eigenvalue weighted by molar-refractivity contribution is 5.87. The monoisotopic (exact) mass is 248 g/mol. The highest BCUT2D eigenvalue weighted by atomic mass is 16.5. The van der Waals surface area contributed by atoms with Crippen LogP contribution in [0, 0.1) is 0 Å². The number of hydrogen-bond donors (Lipinski definition) is 0. The maximum Gasteiger partial charge on any atom is 0.139 e. The van der Waals surface area contributed by atoms with E-state index in [4.69, 9.17) is 4.74 Å². The molecule has 0 heterocycles. The fraction of sp³-hybridized carbons (Fsp3) is 0.562. The van der Waals surface area contributed by atoms with E-state index < -0.39 is 5.41 Å². The molecule has 0 aliphatic heterocycles. The Bertz CT molecular complexity index is 451. The molecular weight excluding hydrogens is 224 g/mol. The molecule has 1 aromatic rings. The largest absolute Gasteiger partial charge is 0.496 e. The third-order valence-electron chi connectivity index (χ3n) is 3.61. The van der Waals surface area contributed by atoms with Crippen molar-refractivity contribution in [2.75, 3.05) is 7.11 Å². The van der Waals surface area contributed by atoms with Gasteiger partial charge >= 0.3 is 0 Å². The quantitative estimate of drug-likeness (QED) is 0.812. The summed E-state index contributed by atoms with van der Waals surface area (Å²) in [6, 6.07) is 6.04. The molecule has 0 fully saturated rings. The molecule has 1 aromatic carbocycles. The van der Waals surface area contributed by atoms with Crippen molar-refractivity contribution in [3.63, 3.8) is 0 Å². The second-order valence-electron chi connectivity index (χ2n) is 6.35. The van der Waals surface area contributed by atoms with Crippen molar-refractivity contribution in [2.24, 2.45) is 0 Å². The average molecular weight is 248 g/mol. The molecule has 1 rings (SSSR count). The minimum Gasteiger partial charge on any atom is -0.496 e. The lowest BCUT2D eigenvalue weighted by molar-refractivity contribution is -0.121. The minimum absolute atomic E-state index is 0.00573. The van der Waals surface area contributed by atoms with E-state index in [1.165, 1.54) is 0 Å². The fourth-order valence-corrected chi connectivity index (χ4v) is 1.89. The predicted octanol–water partition coefficient (Wildman–Crippen LogP) is 3.86. The van der Waals surface area contributed by atoms with Crippen molar-refractivity contribution in [3.8, 4) is 5.75 Å². The van der Waals surface area contributed by atoms with Crippen LogP contribution in [0.4, 0.5) is 0 Å². The molecule has 0 bridgehead atoms. The molecule has 18 heavy (non-hydrogen) atoms. The maximum absolute atomic E-state index is 11.8. The van der Waals surface area contributed by atoms with Gasteiger partial charge in [0.25, 0.3) is 0 Å². The molecule has 0 radical (unpaired) electrons. The first-order valence-electron chi connectivity index (χ1n) is 6.30. The lowest BCUT2D eigenvalue weighted by Gasteiger charge is -2.27. The molecule has 2 heteroatoms. The van der Waals surface area contributed by atoms with Gasteiger partial charge in [-0.3, -0.25) is 4.79 Å². The van der Waals surface area contributed by atoms with Gasteiger partial charge in [0.15, 0.2) is 0 Å². The molecule has 2 nitrogen and oxygen atoms in total. The highest BCUT2D eigenvalue weighted by Gasteiger charge is 2.28. The van der Waals surface area contributed by atoms with Crippen LogP contribution in [0.1, 0.15) is 52.7 Å². The van der Waals surface area contributed by atoms with Crippen LogP contribution in [0.5, 0.6) is 5.75 Å². The summed E-state index contributed by atoms with van der Waals surface area (Å²) >= 11 is 0. The third-order valence-corrected chi connectivity index (χ3v) is 3.61. The van der Waals surface area contributed by atoms with E-state index in [1.54, 1.807) is 14.0 Å². The van der Waals surface area contributed by atoms with Crippen LogP contribution in [0.3, 0.4) is 0 Å². The van der Waals surface area contributed by atoms with Crippen LogP contribution in [0.15, 0.2) is 18.2 Å². The van der Waals surface area contributed by atoms with Gasteiger partial charge in [-0.15, -0.1) is 0 Å². The number of Topliss-reactive ketones (excluding diaryl/α,β-unsaturated/α-hetero) is 1. The minimum atomic E-state index is -0.452. The van der Waals surface area contributed by atoms with Crippen molar-refractivity contribution in [2.45, 2.75) is 52.4 Å². The van der Waals surface area contributed by atoms with Gasteiger partial charge < -0.3 is 4.74 Å². The lowest BCUT2D eigenvalue weighted by atomic mass is 9.77. The van der Waals surface area contributed by atoms with E-state index in [1.807, 2.05) is 26.0 Å². The van der Waals surface area contributed by atoms with Crippen molar-refractivity contribution in [3.05, 3.63) is 29.3 Å². The van der Waals surface area contributed by atoms with E-state index in [0.717, 1.165) is 16.9 Å². The molecule has 0 saturated carbocycles. The molecule has 0 spiro atoms. The summed E-state index contributed by atoms with van der Waals surface area (Å²) < 4.78 is 5.42. The lowest BCUT2D eigenvalue weighted by Crippen LogP contribution is -2.27. The summed E-state index contributed by atoms with van der Waals surface area (Å²) in [4.78, 5) is 11.8. The second kappa shape index (κ2) is 4.75. The van der Waals surface area contributed by atoms with Crippen LogP contribution in [0.25, 0.3) is 0 Å². The number of hydrogen-bond acceptors (Lipinski definition) is 2. The maximum atomic E-state index is 11.8. The Morgan fingerprint density at radius 3 is 2.06 bits per heavy atom. The zero-order chi connectivity index (χ0) is 14.1. The summed E-state index contributed by atoms with van der Waals surface area (Å²) in [5, 5.41) is 0. The Labute approximate surface area is 110 Å². The number of ketones is 1. The molecule has 0 N–H and O–H groups in total. The van der Waals surface area contributed by atoms with Gasteiger partial charge in [-0.05, 0) is 43.4 Å². The number of methoxy groups -OCH3 is 1. The fourth-order valence-electron chi connectivity index (χ4n) is 1.89. The number of ether oxygens (including phenoxy) is 1. The van der Waals surface area contributed by atoms with Crippen LogP contribution in [-0.2, 0) is 15.6 Å². The molecule has 0 unspecified atom stereocenters. The normalized spacial score (nSPS) is 12.4. The third kappa shape index (κ3) is 2.74. The van der Waals surface area contributed by atoms with Crippen LogP contribution >= 0.6 is 0 Å². The van der Waals surface area contributed by atoms with Gasteiger partial charge in [0, 0.05) is 5.41 Å². The summed E-state index contributed by atoms with van der Waals surface area (Å²) in [5.74, 6) is 1.05. The molecule has 0 aliphatic rings. The molecule has 0 aliphatic carbocycles. The second-order valence-corrected chi connectivity index (χ2v) is 6.35. The van der Waals surface area contributed by atoms with Gasteiger partial charge in [-0.1, -0.05) is 32.9 Å². The Morgan fingerprint density at radius 1 is 1.11 bits per heavy atom.